The average molecular weight is 809 g/mol. The van der Waals surface area contributed by atoms with Gasteiger partial charge in [-0.1, -0.05) is 34.1 Å². The molecule has 51 heavy (non-hydrogen) atoms. The molecule has 4 N–H and O–H groups in total. The Labute approximate surface area is 296 Å². The summed E-state index contributed by atoms with van der Waals surface area (Å²) >= 11 is 3.05. The summed E-state index contributed by atoms with van der Waals surface area (Å²) in [5.74, 6) is -1.28. The predicted octanol–water partition coefficient (Wildman–Crippen LogP) is 7.87. The maximum absolute atomic E-state index is 12.9. The molecule has 1 aromatic heterocycles. The molecule has 3 aromatic carbocycles. The molecule has 5 rings (SSSR count). The van der Waals surface area contributed by atoms with Crippen LogP contribution >= 0.6 is 15.9 Å². The first-order chi connectivity index (χ1) is 23.9. The quantitative estimate of drug-likeness (QED) is 0.110. The number of nitrogens with zero attached hydrogens (tertiary/aromatic N) is 2. The second-order valence-corrected chi connectivity index (χ2v) is 14.0. The van der Waals surface area contributed by atoms with Gasteiger partial charge in [0.25, 0.3) is 0 Å². The summed E-state index contributed by atoms with van der Waals surface area (Å²) in [5.41, 5.74) is 1.62. The zero-order valence-electron chi connectivity index (χ0n) is 26.7. The van der Waals surface area contributed by atoms with Crippen LogP contribution in [0.4, 0.5) is 43.8 Å². The molecule has 0 bridgehead atoms. The molecule has 0 aliphatic heterocycles. The van der Waals surface area contributed by atoms with Gasteiger partial charge in [0, 0.05) is 34.7 Å². The monoisotopic (exact) mass is 807 g/mol. The first kappa shape index (κ1) is 39.4. The van der Waals surface area contributed by atoms with Crippen molar-refractivity contribution < 1.29 is 54.1 Å². The lowest BCUT2D eigenvalue weighted by molar-refractivity contribution is -0.275. The van der Waals surface area contributed by atoms with E-state index < -0.39 is 39.2 Å². The third kappa shape index (κ3) is 11.9. The average Bonchev–Trinajstić information content (AvgIpc) is 3.06. The molecule has 19 heteroatoms. The second-order valence-electron chi connectivity index (χ2n) is 11.3. The number of rotatable bonds is 11. The van der Waals surface area contributed by atoms with Gasteiger partial charge in [-0.3, -0.25) is 0 Å². The lowest BCUT2D eigenvalue weighted by Crippen LogP contribution is -2.33. The van der Waals surface area contributed by atoms with Crippen molar-refractivity contribution in [1.29, 1.82) is 0 Å². The Kier molecular flexibility index (Phi) is 13.0. The number of para-hydroxylation sites is 1. The number of benzene rings is 3. The van der Waals surface area contributed by atoms with E-state index in [0.29, 0.717) is 24.2 Å². The van der Waals surface area contributed by atoms with Crippen LogP contribution in [0, 0.1) is 11.8 Å². The van der Waals surface area contributed by atoms with Crippen LogP contribution in [-0.2, 0) is 14.8 Å². The predicted molar refractivity (Wildman–Crippen MR) is 179 cm³/mol. The van der Waals surface area contributed by atoms with E-state index in [1.807, 2.05) is 48.5 Å². The van der Waals surface area contributed by atoms with E-state index >= 15 is 0 Å². The highest BCUT2D eigenvalue weighted by Crippen LogP contribution is 2.34. The summed E-state index contributed by atoms with van der Waals surface area (Å²) in [6.45, 7) is 0.767. The smallest absolute Gasteiger partial charge is 0.497 e. The number of sulfonamides is 1. The highest BCUT2D eigenvalue weighted by molar-refractivity contribution is 9.10. The van der Waals surface area contributed by atoms with Crippen molar-refractivity contribution in [2.24, 2.45) is 11.8 Å². The van der Waals surface area contributed by atoms with E-state index in [9.17, 15) is 34.8 Å². The molecule has 11 nitrogen and oxygen atoms in total. The number of alkyl halides is 6. The molecule has 0 amide bonds. The number of nitrogens with one attached hydrogen (secondary N) is 3. The molecule has 1 saturated carbocycles. The van der Waals surface area contributed by atoms with Gasteiger partial charge in [0.15, 0.2) is 5.75 Å². The van der Waals surface area contributed by atoms with Crippen LogP contribution in [0.15, 0.2) is 76.1 Å². The number of methoxy groups -OCH3 is 1. The Morgan fingerprint density at radius 2 is 1.57 bits per heavy atom. The Balaban J connectivity index is 0.000000755. The number of carboxylic acids is 1. The van der Waals surface area contributed by atoms with Gasteiger partial charge < -0.3 is 25.2 Å². The number of aromatic nitrogens is 2. The summed E-state index contributed by atoms with van der Waals surface area (Å²) in [6.07, 6.45) is -6.88. The van der Waals surface area contributed by atoms with E-state index in [-0.39, 0.29) is 16.9 Å². The molecule has 0 saturated heterocycles. The number of fused-ring (bicyclic) bond motifs is 1. The summed E-state index contributed by atoms with van der Waals surface area (Å²) in [5, 5.41) is 14.7. The van der Waals surface area contributed by atoms with E-state index in [4.69, 9.17) is 19.6 Å². The number of hydrogen-bond donors (Lipinski definition) is 4. The van der Waals surface area contributed by atoms with Crippen LogP contribution in [0.2, 0.25) is 0 Å². The number of aliphatic carboxylic acids is 1. The summed E-state index contributed by atoms with van der Waals surface area (Å²) < 4.78 is 108. The molecule has 0 atom stereocenters. The van der Waals surface area contributed by atoms with Crippen molar-refractivity contribution in [3.05, 3.63) is 71.2 Å². The zero-order chi connectivity index (χ0) is 37.4. The van der Waals surface area contributed by atoms with Crippen molar-refractivity contribution >= 4 is 60.3 Å². The number of anilines is 3. The molecular formula is C32H32BrF6N5O6S. The highest BCUT2D eigenvalue weighted by atomic mass is 79.9. The number of ether oxygens (including phenoxy) is 2. The molecule has 1 aliphatic carbocycles. The van der Waals surface area contributed by atoms with E-state index in [1.165, 1.54) is 6.07 Å². The molecule has 276 valence electrons. The summed E-state index contributed by atoms with van der Waals surface area (Å²) in [6, 6.07) is 18.7. The highest BCUT2D eigenvalue weighted by Gasteiger charge is 2.38. The first-order valence-electron chi connectivity index (χ1n) is 15.2. The van der Waals surface area contributed by atoms with Crippen LogP contribution in [-0.4, -0.2) is 62.2 Å². The standard InChI is InChI=1S/C30H31BrF3N5O4S.C2HF3O2/c1-42-23-6-4-5-22(16-23)37-28-24-7-2-3-8-25(24)38-29(39-28)35-17-19-9-11-20(12-10-19)18-36-44(40,41)27-14-13-21(31)15-26(27)43-30(32,33)34;3-2(4,5)1(6)7/h2-8,13-16,19-20,36H,9-12,17-18H2,1H3,(H2,35,37,38,39);(H,6,7). The van der Waals surface area contributed by atoms with Crippen LogP contribution in [0.5, 0.6) is 11.5 Å². The molecule has 1 heterocycles. The summed E-state index contributed by atoms with van der Waals surface area (Å²) in [7, 11) is -2.61. The maximum atomic E-state index is 12.9. The number of carboxylic acid groups (broad SMARTS) is 1. The summed E-state index contributed by atoms with van der Waals surface area (Å²) in [4.78, 5) is 17.8. The molecule has 0 unspecified atom stereocenters. The number of carbonyl (C=O) groups is 1. The van der Waals surface area contributed by atoms with Gasteiger partial charge in [-0.05, 0) is 80.0 Å². The zero-order valence-corrected chi connectivity index (χ0v) is 29.1. The minimum Gasteiger partial charge on any atom is -0.497 e. The fourth-order valence-corrected chi connectivity index (χ4v) is 6.74. The topological polar surface area (TPSA) is 152 Å². The Morgan fingerprint density at radius 1 is 0.922 bits per heavy atom. The van der Waals surface area contributed by atoms with Crippen molar-refractivity contribution in [2.45, 2.75) is 43.1 Å². The van der Waals surface area contributed by atoms with Gasteiger partial charge in [0.1, 0.15) is 16.5 Å². The van der Waals surface area contributed by atoms with Gasteiger partial charge in [0.05, 0.1) is 12.6 Å². The van der Waals surface area contributed by atoms with E-state index in [2.05, 4.69) is 41.0 Å². The molecule has 1 aliphatic rings. The van der Waals surface area contributed by atoms with Gasteiger partial charge in [-0.25, -0.2) is 22.9 Å². The van der Waals surface area contributed by atoms with Gasteiger partial charge in [-0.2, -0.15) is 18.2 Å². The van der Waals surface area contributed by atoms with Crippen LogP contribution in [0.25, 0.3) is 10.9 Å². The molecule has 0 spiro atoms. The minimum atomic E-state index is -5.08. The fourth-order valence-electron chi connectivity index (χ4n) is 5.18. The van der Waals surface area contributed by atoms with Crippen molar-refractivity contribution in [2.75, 3.05) is 30.8 Å². The second kappa shape index (κ2) is 16.8. The third-order valence-corrected chi connectivity index (χ3v) is 9.63. The van der Waals surface area contributed by atoms with E-state index in [1.54, 1.807) is 7.11 Å². The Bertz CT molecular complexity index is 1930. The number of halogens is 7. The van der Waals surface area contributed by atoms with Crippen LogP contribution in [0.3, 0.4) is 0 Å². The van der Waals surface area contributed by atoms with Gasteiger partial charge in [0.2, 0.25) is 16.0 Å². The van der Waals surface area contributed by atoms with Gasteiger partial charge >= 0.3 is 18.5 Å². The lowest BCUT2D eigenvalue weighted by Gasteiger charge is -2.29. The SMILES string of the molecule is COc1cccc(Nc2nc(NCC3CCC(CNS(=O)(=O)c4ccc(Br)cc4OC(F)(F)F)CC3)nc3ccccc23)c1.O=C(O)C(F)(F)F. The van der Waals surface area contributed by atoms with Crippen molar-refractivity contribution in [1.82, 2.24) is 14.7 Å². The molecule has 1 fully saturated rings. The normalized spacial score (nSPS) is 16.5. The Hall–Kier alpha value is -4.36. The molecule has 0 radical (unpaired) electrons. The lowest BCUT2D eigenvalue weighted by atomic mass is 9.82. The van der Waals surface area contributed by atoms with E-state index in [0.717, 1.165) is 60.2 Å². The van der Waals surface area contributed by atoms with Crippen LogP contribution < -0.4 is 24.8 Å². The Morgan fingerprint density at radius 3 is 2.20 bits per heavy atom. The molecule has 4 aromatic rings. The minimum absolute atomic E-state index is 0.0547. The van der Waals surface area contributed by atoms with Crippen molar-refractivity contribution in [3.8, 4) is 11.5 Å². The first-order valence-corrected chi connectivity index (χ1v) is 17.5. The van der Waals surface area contributed by atoms with Crippen molar-refractivity contribution in [3.63, 3.8) is 0 Å². The molecular weight excluding hydrogens is 776 g/mol. The van der Waals surface area contributed by atoms with Crippen LogP contribution in [0.1, 0.15) is 25.7 Å². The fraction of sp³-hybridized carbons (Fsp3) is 0.344. The number of hydrogen-bond acceptors (Lipinski definition) is 9. The third-order valence-electron chi connectivity index (χ3n) is 7.68. The largest absolute Gasteiger partial charge is 0.573 e. The van der Waals surface area contributed by atoms with Gasteiger partial charge in [-0.15, -0.1) is 13.2 Å². The maximum Gasteiger partial charge on any atom is 0.573 e.